The summed E-state index contributed by atoms with van der Waals surface area (Å²) in [5.41, 5.74) is 3.68. The van der Waals surface area contributed by atoms with Gasteiger partial charge in [-0.1, -0.05) is 52.0 Å². The molecule has 0 saturated carbocycles. The Kier molecular flexibility index (Phi) is 5.65. The molecule has 0 amide bonds. The predicted molar refractivity (Wildman–Crippen MR) is 94.2 cm³/mol. The smallest absolute Gasteiger partial charge is 0.0702 e. The van der Waals surface area contributed by atoms with Gasteiger partial charge >= 0.3 is 0 Å². The van der Waals surface area contributed by atoms with E-state index in [1.807, 2.05) is 36.7 Å². The Hall–Kier alpha value is -2.22. The van der Waals surface area contributed by atoms with Crippen molar-refractivity contribution in [1.82, 2.24) is 9.97 Å². The minimum atomic E-state index is 0.553. The molecule has 0 atom stereocenters. The zero-order valence-corrected chi connectivity index (χ0v) is 13.8. The molecule has 0 N–H and O–H groups in total. The second-order valence-electron chi connectivity index (χ2n) is 6.06. The summed E-state index contributed by atoms with van der Waals surface area (Å²) < 4.78 is 0. The fourth-order valence-corrected chi connectivity index (χ4v) is 2.12. The molecule has 0 aliphatic carbocycles. The Morgan fingerprint density at radius 3 is 2.09 bits per heavy atom. The maximum absolute atomic E-state index is 4.40. The normalized spacial score (nSPS) is 10.6. The molecule has 0 unspecified atom stereocenters. The molecule has 0 spiro atoms. The lowest BCUT2D eigenvalue weighted by Crippen LogP contribution is -1.88. The Morgan fingerprint density at radius 1 is 0.773 bits per heavy atom. The van der Waals surface area contributed by atoms with Gasteiger partial charge in [-0.2, -0.15) is 0 Å². The molecule has 114 valence electrons. The number of fused-ring (bicyclic) bond motifs is 1. The van der Waals surface area contributed by atoms with Gasteiger partial charge in [0.25, 0.3) is 0 Å². The van der Waals surface area contributed by atoms with E-state index in [2.05, 4.69) is 55.9 Å². The Labute approximate surface area is 133 Å². The Balaban J connectivity index is 0.000000172. The van der Waals surface area contributed by atoms with E-state index >= 15 is 0 Å². The first-order valence-corrected chi connectivity index (χ1v) is 7.82. The minimum Gasteiger partial charge on any atom is -0.264 e. The van der Waals surface area contributed by atoms with E-state index in [0.717, 1.165) is 5.52 Å². The van der Waals surface area contributed by atoms with E-state index < -0.39 is 0 Å². The van der Waals surface area contributed by atoms with Crippen LogP contribution in [0.3, 0.4) is 0 Å². The molecule has 0 fully saturated rings. The highest BCUT2D eigenvalue weighted by atomic mass is 14.6. The maximum Gasteiger partial charge on any atom is 0.0702 e. The third-order valence-electron chi connectivity index (χ3n) is 3.63. The zero-order chi connectivity index (χ0) is 15.9. The molecule has 2 aromatic heterocycles. The second-order valence-corrected chi connectivity index (χ2v) is 6.06. The maximum atomic E-state index is 4.40. The van der Waals surface area contributed by atoms with Crippen molar-refractivity contribution >= 4 is 10.9 Å². The molecule has 1 aromatic carbocycles. The van der Waals surface area contributed by atoms with Crippen LogP contribution in [0.4, 0.5) is 0 Å². The van der Waals surface area contributed by atoms with Crippen molar-refractivity contribution in [2.24, 2.45) is 0 Å². The van der Waals surface area contributed by atoms with E-state index in [4.69, 9.17) is 0 Å². The van der Waals surface area contributed by atoms with Crippen LogP contribution in [0, 0.1) is 0 Å². The van der Waals surface area contributed by atoms with Crippen LogP contribution in [0.2, 0.25) is 0 Å². The summed E-state index contributed by atoms with van der Waals surface area (Å²) in [6.45, 7) is 8.70. The average molecular weight is 292 g/mol. The summed E-state index contributed by atoms with van der Waals surface area (Å²) in [5.74, 6) is 1.15. The molecule has 0 radical (unpaired) electrons. The van der Waals surface area contributed by atoms with Gasteiger partial charge in [0.15, 0.2) is 0 Å². The monoisotopic (exact) mass is 292 g/mol. The van der Waals surface area contributed by atoms with Gasteiger partial charge in [-0.15, -0.1) is 0 Å². The number of benzene rings is 1. The van der Waals surface area contributed by atoms with E-state index in [0.29, 0.717) is 11.8 Å². The van der Waals surface area contributed by atoms with E-state index in [9.17, 15) is 0 Å². The Bertz CT molecular complexity index is 703. The summed E-state index contributed by atoms with van der Waals surface area (Å²) >= 11 is 0. The van der Waals surface area contributed by atoms with Gasteiger partial charge in [0.1, 0.15) is 0 Å². The molecule has 0 bridgehead atoms. The summed E-state index contributed by atoms with van der Waals surface area (Å²) in [6, 6.07) is 14.5. The van der Waals surface area contributed by atoms with Gasteiger partial charge in [0.05, 0.1) is 5.52 Å². The van der Waals surface area contributed by atoms with Gasteiger partial charge < -0.3 is 0 Å². The van der Waals surface area contributed by atoms with E-state index in [-0.39, 0.29) is 0 Å². The van der Waals surface area contributed by atoms with Gasteiger partial charge in [-0.25, -0.2) is 0 Å². The first kappa shape index (κ1) is 16.2. The number of para-hydroxylation sites is 1. The van der Waals surface area contributed by atoms with Crippen molar-refractivity contribution in [2.45, 2.75) is 39.5 Å². The van der Waals surface area contributed by atoms with Crippen molar-refractivity contribution in [3.05, 3.63) is 72.2 Å². The topological polar surface area (TPSA) is 25.8 Å². The molecule has 0 aliphatic rings. The van der Waals surface area contributed by atoms with E-state index in [1.54, 1.807) is 6.20 Å². The average Bonchev–Trinajstić information content (AvgIpc) is 2.55. The molecule has 0 saturated heterocycles. The van der Waals surface area contributed by atoms with Crippen LogP contribution < -0.4 is 0 Å². The molecular formula is C20H24N2. The number of pyridine rings is 2. The van der Waals surface area contributed by atoms with Crippen LogP contribution in [-0.4, -0.2) is 9.97 Å². The van der Waals surface area contributed by atoms with Crippen LogP contribution in [0.1, 0.15) is 50.7 Å². The highest BCUT2D eigenvalue weighted by molar-refractivity contribution is 5.78. The summed E-state index contributed by atoms with van der Waals surface area (Å²) in [5, 5.41) is 1.23. The highest BCUT2D eigenvalue weighted by Gasteiger charge is 2.00. The minimum absolute atomic E-state index is 0.553. The predicted octanol–water partition coefficient (Wildman–Crippen LogP) is 5.56. The summed E-state index contributed by atoms with van der Waals surface area (Å²) in [7, 11) is 0. The number of nitrogens with zero attached hydrogens (tertiary/aromatic N) is 2. The first-order valence-electron chi connectivity index (χ1n) is 7.82. The molecule has 2 heterocycles. The van der Waals surface area contributed by atoms with Crippen molar-refractivity contribution in [1.29, 1.82) is 0 Å². The fraction of sp³-hybridized carbons (Fsp3) is 0.300. The van der Waals surface area contributed by atoms with Crippen molar-refractivity contribution in [3.63, 3.8) is 0 Å². The molecule has 3 rings (SSSR count). The van der Waals surface area contributed by atoms with Crippen LogP contribution in [0.25, 0.3) is 10.9 Å². The third-order valence-corrected chi connectivity index (χ3v) is 3.63. The van der Waals surface area contributed by atoms with Crippen molar-refractivity contribution in [2.75, 3.05) is 0 Å². The molecule has 22 heavy (non-hydrogen) atoms. The highest BCUT2D eigenvalue weighted by Crippen LogP contribution is 2.18. The van der Waals surface area contributed by atoms with Crippen LogP contribution in [-0.2, 0) is 0 Å². The number of hydrogen-bond acceptors (Lipinski definition) is 2. The quantitative estimate of drug-likeness (QED) is 0.617. The van der Waals surface area contributed by atoms with Gasteiger partial charge in [-0.05, 0) is 41.2 Å². The summed E-state index contributed by atoms with van der Waals surface area (Å²) in [4.78, 5) is 8.41. The molecule has 0 aliphatic heterocycles. The lowest BCUT2D eigenvalue weighted by atomic mass is 10.0. The largest absolute Gasteiger partial charge is 0.264 e. The zero-order valence-electron chi connectivity index (χ0n) is 13.8. The van der Waals surface area contributed by atoms with Gasteiger partial charge in [0.2, 0.25) is 0 Å². The fourth-order valence-electron chi connectivity index (χ4n) is 2.12. The van der Waals surface area contributed by atoms with Gasteiger partial charge in [0, 0.05) is 24.0 Å². The lowest BCUT2D eigenvalue weighted by Gasteiger charge is -2.05. The van der Waals surface area contributed by atoms with Crippen LogP contribution in [0.15, 0.2) is 61.1 Å². The SMILES string of the molecule is CC(C)c1cccnc1.CC(C)c1cnc2ccccc2c1. The molecular weight excluding hydrogens is 268 g/mol. The second kappa shape index (κ2) is 7.69. The number of rotatable bonds is 2. The first-order chi connectivity index (χ1) is 10.6. The number of hydrogen-bond donors (Lipinski definition) is 0. The Morgan fingerprint density at radius 2 is 1.50 bits per heavy atom. The van der Waals surface area contributed by atoms with Crippen LogP contribution >= 0.6 is 0 Å². The van der Waals surface area contributed by atoms with Gasteiger partial charge in [-0.3, -0.25) is 9.97 Å². The van der Waals surface area contributed by atoms with Crippen LogP contribution in [0.5, 0.6) is 0 Å². The molecule has 2 heteroatoms. The third kappa shape index (κ3) is 4.39. The lowest BCUT2D eigenvalue weighted by molar-refractivity contribution is 0.858. The summed E-state index contributed by atoms with van der Waals surface area (Å²) in [6.07, 6.45) is 5.67. The van der Waals surface area contributed by atoms with Crippen molar-refractivity contribution < 1.29 is 0 Å². The molecule has 2 nitrogen and oxygen atoms in total. The number of aromatic nitrogens is 2. The standard InChI is InChI=1S/C12H13N.C8H11N/c1-9(2)11-7-10-5-3-4-6-12(10)13-8-11;1-7(2)8-4-3-5-9-6-8/h3-9H,1-2H3;3-7H,1-2H3. The van der Waals surface area contributed by atoms with Crippen molar-refractivity contribution in [3.8, 4) is 0 Å². The molecule has 3 aromatic rings. The van der Waals surface area contributed by atoms with E-state index in [1.165, 1.54) is 16.5 Å².